The fourth-order valence-corrected chi connectivity index (χ4v) is 4.46. The van der Waals surface area contributed by atoms with Gasteiger partial charge in [0.15, 0.2) is 0 Å². The lowest BCUT2D eigenvalue weighted by atomic mass is 9.85. The van der Waals surface area contributed by atoms with Crippen LogP contribution in [0.3, 0.4) is 0 Å². The van der Waals surface area contributed by atoms with Crippen LogP contribution in [0.4, 0.5) is 4.79 Å². The van der Waals surface area contributed by atoms with Crippen LogP contribution in [0.1, 0.15) is 46.5 Å². The van der Waals surface area contributed by atoms with Gasteiger partial charge in [0, 0.05) is 32.2 Å². The maximum atomic E-state index is 12.3. The number of piperazine rings is 1. The normalized spacial score (nSPS) is 22.5. The Labute approximate surface area is 189 Å². The van der Waals surface area contributed by atoms with Crippen molar-refractivity contribution in [2.45, 2.75) is 58.1 Å². The summed E-state index contributed by atoms with van der Waals surface area (Å²) in [6.45, 7) is 9.84. The molecule has 2 heterocycles. The van der Waals surface area contributed by atoms with Crippen LogP contribution in [-0.2, 0) is 4.74 Å². The molecule has 0 atom stereocenters. The fraction of sp³-hybridized carbons (Fsp3) is 0.652. The molecule has 0 unspecified atom stereocenters. The summed E-state index contributed by atoms with van der Waals surface area (Å²) in [6, 6.07) is 8.46. The largest absolute Gasteiger partial charge is 0.493 e. The third-order valence-corrected chi connectivity index (χ3v) is 6.23. The molecule has 1 aromatic carbocycles. The van der Waals surface area contributed by atoms with Gasteiger partial charge in [0.2, 0.25) is 0 Å². The molecule has 1 aromatic heterocycles. The Morgan fingerprint density at radius 3 is 2.31 bits per heavy atom. The summed E-state index contributed by atoms with van der Waals surface area (Å²) in [5.41, 5.74) is 0.473. The lowest BCUT2D eigenvalue weighted by molar-refractivity contribution is 0.00654. The number of ether oxygens (including phenoxy) is 2. The van der Waals surface area contributed by atoms with E-state index >= 15 is 0 Å². The lowest BCUT2D eigenvalue weighted by Gasteiger charge is -2.42. The van der Waals surface area contributed by atoms with Gasteiger partial charge in [0.05, 0.1) is 12.3 Å². The summed E-state index contributed by atoms with van der Waals surface area (Å²) >= 11 is 0. The van der Waals surface area contributed by atoms with Crippen molar-refractivity contribution in [3.8, 4) is 11.4 Å². The first-order valence-electron chi connectivity index (χ1n) is 11.6. The lowest BCUT2D eigenvalue weighted by Crippen LogP contribution is -2.53. The number of benzene rings is 1. The molecule has 2 aromatic rings. The average Bonchev–Trinajstić information content (AvgIpc) is 3.32. The maximum absolute atomic E-state index is 12.3. The molecule has 9 heteroatoms. The van der Waals surface area contributed by atoms with E-state index in [1.165, 1.54) is 25.7 Å². The van der Waals surface area contributed by atoms with Gasteiger partial charge in [-0.2, -0.15) is 0 Å². The predicted octanol–water partition coefficient (Wildman–Crippen LogP) is 3.15. The number of hydrogen-bond donors (Lipinski definition) is 0. The number of nitrogens with zero attached hydrogens (tertiary/aromatic N) is 6. The smallest absolute Gasteiger partial charge is 0.410 e. The average molecular weight is 443 g/mol. The molecule has 4 rings (SSSR count). The number of amides is 1. The van der Waals surface area contributed by atoms with Crippen molar-refractivity contribution < 1.29 is 14.3 Å². The second-order valence-corrected chi connectivity index (χ2v) is 9.74. The van der Waals surface area contributed by atoms with Gasteiger partial charge in [-0.25, -0.2) is 9.48 Å². The van der Waals surface area contributed by atoms with E-state index < -0.39 is 5.60 Å². The molecule has 1 aliphatic heterocycles. The van der Waals surface area contributed by atoms with Gasteiger partial charge >= 0.3 is 6.09 Å². The zero-order chi connectivity index (χ0) is 22.6. The van der Waals surface area contributed by atoms with Crippen molar-refractivity contribution in [1.82, 2.24) is 30.0 Å². The van der Waals surface area contributed by atoms with E-state index in [0.717, 1.165) is 44.2 Å². The summed E-state index contributed by atoms with van der Waals surface area (Å²) in [7, 11) is 0. The second-order valence-electron chi connectivity index (χ2n) is 9.74. The number of aromatic nitrogens is 4. The van der Waals surface area contributed by atoms with Crippen LogP contribution >= 0.6 is 0 Å². The number of rotatable bonds is 5. The summed E-state index contributed by atoms with van der Waals surface area (Å²) in [6.07, 6.45) is 6.13. The summed E-state index contributed by atoms with van der Waals surface area (Å²) in [5, 5.41) is 11.2. The SMILES string of the molecule is CC(C)(C)OC(=O)N1CCN(C2CCC(COc3ccc(-n4cnnn4)cc3)CC2)CC1. The van der Waals surface area contributed by atoms with Crippen LogP contribution in [0.5, 0.6) is 5.75 Å². The molecule has 2 aliphatic rings. The Hall–Kier alpha value is -2.68. The van der Waals surface area contributed by atoms with Crippen LogP contribution < -0.4 is 4.74 Å². The number of tetrazole rings is 1. The monoisotopic (exact) mass is 442 g/mol. The molecular formula is C23H34N6O3. The van der Waals surface area contributed by atoms with E-state index in [1.807, 2.05) is 49.9 Å². The molecule has 174 valence electrons. The molecule has 2 fully saturated rings. The highest BCUT2D eigenvalue weighted by Crippen LogP contribution is 2.29. The predicted molar refractivity (Wildman–Crippen MR) is 120 cm³/mol. The van der Waals surface area contributed by atoms with E-state index in [9.17, 15) is 4.79 Å². The minimum Gasteiger partial charge on any atom is -0.493 e. The van der Waals surface area contributed by atoms with E-state index in [1.54, 1.807) is 11.0 Å². The Morgan fingerprint density at radius 2 is 1.72 bits per heavy atom. The molecular weight excluding hydrogens is 408 g/mol. The van der Waals surface area contributed by atoms with Crippen LogP contribution in [0, 0.1) is 5.92 Å². The Balaban J connectivity index is 1.16. The van der Waals surface area contributed by atoms with Crippen molar-refractivity contribution in [3.05, 3.63) is 30.6 Å². The second kappa shape index (κ2) is 9.85. The van der Waals surface area contributed by atoms with E-state index in [0.29, 0.717) is 12.0 Å². The highest BCUT2D eigenvalue weighted by atomic mass is 16.6. The number of carbonyl (C=O) groups is 1. The van der Waals surface area contributed by atoms with E-state index in [-0.39, 0.29) is 6.09 Å². The van der Waals surface area contributed by atoms with Crippen LogP contribution in [0.15, 0.2) is 30.6 Å². The zero-order valence-corrected chi connectivity index (χ0v) is 19.3. The summed E-state index contributed by atoms with van der Waals surface area (Å²) in [5.74, 6) is 1.47. The minimum absolute atomic E-state index is 0.191. The maximum Gasteiger partial charge on any atom is 0.410 e. The van der Waals surface area contributed by atoms with Crippen molar-refractivity contribution >= 4 is 6.09 Å². The van der Waals surface area contributed by atoms with Gasteiger partial charge in [0.25, 0.3) is 0 Å². The third-order valence-electron chi connectivity index (χ3n) is 6.23. The Kier molecular flexibility index (Phi) is 6.93. The molecule has 9 nitrogen and oxygen atoms in total. The van der Waals surface area contributed by atoms with Crippen molar-refractivity contribution in [1.29, 1.82) is 0 Å². The molecule has 0 N–H and O–H groups in total. The van der Waals surface area contributed by atoms with E-state index in [2.05, 4.69) is 20.4 Å². The third kappa shape index (κ3) is 5.97. The summed E-state index contributed by atoms with van der Waals surface area (Å²) in [4.78, 5) is 16.7. The number of hydrogen-bond acceptors (Lipinski definition) is 7. The number of carbonyl (C=O) groups excluding carboxylic acids is 1. The van der Waals surface area contributed by atoms with Crippen LogP contribution in [0.25, 0.3) is 5.69 Å². The first-order chi connectivity index (χ1) is 15.4. The molecule has 32 heavy (non-hydrogen) atoms. The highest BCUT2D eigenvalue weighted by Gasteiger charge is 2.31. The molecule has 1 aliphatic carbocycles. The van der Waals surface area contributed by atoms with Crippen molar-refractivity contribution in [2.24, 2.45) is 5.92 Å². The van der Waals surface area contributed by atoms with Crippen molar-refractivity contribution in [3.63, 3.8) is 0 Å². The zero-order valence-electron chi connectivity index (χ0n) is 19.3. The quantitative estimate of drug-likeness (QED) is 0.703. The van der Waals surface area contributed by atoms with Gasteiger partial charge in [-0.3, -0.25) is 4.90 Å². The minimum atomic E-state index is -0.439. The Morgan fingerprint density at radius 1 is 1.03 bits per heavy atom. The van der Waals surface area contributed by atoms with E-state index in [4.69, 9.17) is 9.47 Å². The fourth-order valence-electron chi connectivity index (χ4n) is 4.46. The van der Waals surface area contributed by atoms with Gasteiger partial charge < -0.3 is 14.4 Å². The van der Waals surface area contributed by atoms with Gasteiger partial charge in [-0.1, -0.05) is 0 Å². The van der Waals surface area contributed by atoms with Crippen molar-refractivity contribution in [2.75, 3.05) is 32.8 Å². The Bertz CT molecular complexity index is 849. The molecule has 1 saturated carbocycles. The highest BCUT2D eigenvalue weighted by molar-refractivity contribution is 5.68. The standard InChI is InChI=1S/C23H34N6O3/c1-23(2,3)32-22(30)28-14-12-27(13-15-28)19-6-4-18(5-7-19)16-31-21-10-8-20(9-11-21)29-17-24-25-26-29/h8-11,17-19H,4-7,12-16H2,1-3H3. The first kappa shape index (κ1) is 22.5. The van der Waals surface area contributed by atoms with Crippen LogP contribution in [0.2, 0.25) is 0 Å². The molecule has 1 saturated heterocycles. The first-order valence-corrected chi connectivity index (χ1v) is 11.6. The van der Waals surface area contributed by atoms with Gasteiger partial charge in [-0.15, -0.1) is 5.10 Å². The molecule has 0 radical (unpaired) electrons. The van der Waals surface area contributed by atoms with Gasteiger partial charge in [-0.05, 0) is 87.1 Å². The molecule has 0 spiro atoms. The molecule has 0 bridgehead atoms. The summed E-state index contributed by atoms with van der Waals surface area (Å²) < 4.78 is 13.2. The van der Waals surface area contributed by atoms with Gasteiger partial charge in [0.1, 0.15) is 17.7 Å². The topological polar surface area (TPSA) is 85.6 Å². The molecule has 1 amide bonds. The van der Waals surface area contributed by atoms with Crippen LogP contribution in [-0.4, -0.2) is 80.5 Å².